The van der Waals surface area contributed by atoms with Gasteiger partial charge in [-0.3, -0.25) is 0 Å². The molecule has 4 N–H and O–H groups in total. The number of anilines is 2. The summed E-state index contributed by atoms with van der Waals surface area (Å²) in [6.07, 6.45) is 4.94. The number of hydrogen-bond donors (Lipinski definition) is 2. The van der Waals surface area contributed by atoms with E-state index in [2.05, 4.69) is 74.5 Å². The fourth-order valence-corrected chi connectivity index (χ4v) is 4.53. The Labute approximate surface area is 198 Å². The van der Waals surface area contributed by atoms with Crippen molar-refractivity contribution in [1.82, 2.24) is 0 Å². The summed E-state index contributed by atoms with van der Waals surface area (Å²) >= 11 is 0. The topological polar surface area (TPSA) is 52.0 Å². The van der Waals surface area contributed by atoms with Crippen LogP contribution < -0.4 is 11.5 Å². The van der Waals surface area contributed by atoms with Crippen LogP contribution in [0.3, 0.4) is 0 Å². The normalized spacial score (nSPS) is 11.0. The van der Waals surface area contributed by atoms with Gasteiger partial charge in [0.2, 0.25) is 0 Å². The van der Waals surface area contributed by atoms with Gasteiger partial charge in [0.15, 0.2) is 0 Å². The molecule has 0 amide bonds. The first-order valence-electron chi connectivity index (χ1n) is 11.9. The van der Waals surface area contributed by atoms with E-state index < -0.39 is 0 Å². The minimum atomic E-state index is 0.816. The average Bonchev–Trinajstić information content (AvgIpc) is 2.83. The largest absolute Gasteiger partial charge is 0.399 e. The molecule has 0 aliphatic heterocycles. The predicted molar refractivity (Wildman–Crippen MR) is 142 cm³/mol. The molecule has 0 heterocycles. The summed E-state index contributed by atoms with van der Waals surface area (Å²) in [6, 6.07) is 30.4. The van der Waals surface area contributed by atoms with Gasteiger partial charge in [0, 0.05) is 11.4 Å². The molecule has 4 rings (SSSR count). The maximum Gasteiger partial charge on any atom is 0.0314 e. The minimum absolute atomic E-state index is 0.816. The third kappa shape index (κ3) is 5.84. The van der Waals surface area contributed by atoms with Crippen molar-refractivity contribution < 1.29 is 0 Å². The molecule has 0 saturated heterocycles. The highest BCUT2D eigenvalue weighted by Gasteiger charge is 2.08. The highest BCUT2D eigenvalue weighted by molar-refractivity contribution is 5.45. The van der Waals surface area contributed by atoms with Gasteiger partial charge < -0.3 is 11.5 Å². The summed E-state index contributed by atoms with van der Waals surface area (Å²) in [7, 11) is 0. The zero-order valence-corrected chi connectivity index (χ0v) is 19.8. The Morgan fingerprint density at radius 3 is 1.15 bits per heavy atom. The molecule has 0 aromatic heterocycles. The van der Waals surface area contributed by atoms with Gasteiger partial charge in [-0.25, -0.2) is 0 Å². The fourth-order valence-electron chi connectivity index (χ4n) is 4.53. The van der Waals surface area contributed by atoms with Crippen LogP contribution in [0.1, 0.15) is 58.4 Å². The van der Waals surface area contributed by atoms with Crippen LogP contribution in [0.15, 0.2) is 84.9 Å². The van der Waals surface area contributed by atoms with E-state index in [1.54, 1.807) is 0 Å². The maximum atomic E-state index is 5.84. The van der Waals surface area contributed by atoms with Crippen molar-refractivity contribution in [2.45, 2.75) is 46.0 Å². The first-order valence-corrected chi connectivity index (χ1v) is 11.9. The van der Waals surface area contributed by atoms with Gasteiger partial charge in [0.05, 0.1) is 0 Å². The van der Waals surface area contributed by atoms with Crippen molar-refractivity contribution >= 4 is 11.4 Å². The van der Waals surface area contributed by atoms with Crippen LogP contribution in [0.2, 0.25) is 0 Å². The molecule has 0 aliphatic rings. The highest BCUT2D eigenvalue weighted by atomic mass is 14.5. The molecular formula is C31H34N2. The number of rotatable bonds is 8. The highest BCUT2D eigenvalue weighted by Crippen LogP contribution is 2.23. The Bertz CT molecular complexity index is 1110. The third-order valence-corrected chi connectivity index (χ3v) is 6.46. The summed E-state index contributed by atoms with van der Waals surface area (Å²) in [5.74, 6) is 0. The molecule has 168 valence electrons. The quantitative estimate of drug-likeness (QED) is 0.301. The van der Waals surface area contributed by atoms with Crippen LogP contribution in [0, 0.1) is 0 Å². The van der Waals surface area contributed by atoms with Crippen LogP contribution in [0.4, 0.5) is 11.4 Å². The average molecular weight is 435 g/mol. The van der Waals surface area contributed by atoms with Crippen LogP contribution in [0.5, 0.6) is 0 Å². The molecule has 33 heavy (non-hydrogen) atoms. The lowest BCUT2D eigenvalue weighted by molar-refractivity contribution is 1.03. The molecule has 4 aromatic rings. The number of aryl methyl sites for hydroxylation is 2. The Kier molecular flexibility index (Phi) is 7.14. The Morgan fingerprint density at radius 1 is 0.424 bits per heavy atom. The van der Waals surface area contributed by atoms with Crippen LogP contribution in [0.25, 0.3) is 0 Å². The lowest BCUT2D eigenvalue weighted by atomic mass is 9.92. The monoisotopic (exact) mass is 434 g/mol. The summed E-state index contributed by atoms with van der Waals surface area (Å²) in [6.45, 7) is 4.49. The van der Waals surface area contributed by atoms with Gasteiger partial charge in [-0.2, -0.15) is 0 Å². The van der Waals surface area contributed by atoms with Crippen LogP contribution in [-0.4, -0.2) is 0 Å². The molecular weight excluding hydrogens is 400 g/mol. The fraction of sp³-hybridized carbons (Fsp3) is 0.226. The summed E-state index contributed by atoms with van der Waals surface area (Å²) in [4.78, 5) is 0. The number of benzene rings is 4. The molecule has 2 nitrogen and oxygen atoms in total. The first-order chi connectivity index (χ1) is 16.0. The van der Waals surface area contributed by atoms with Gasteiger partial charge in [0.25, 0.3) is 0 Å². The van der Waals surface area contributed by atoms with Crippen molar-refractivity contribution in [3.63, 3.8) is 0 Å². The number of nitrogens with two attached hydrogens (primary N) is 2. The molecule has 0 spiro atoms. The zero-order valence-electron chi connectivity index (χ0n) is 19.8. The third-order valence-electron chi connectivity index (χ3n) is 6.46. The predicted octanol–water partition coefficient (Wildman–Crippen LogP) is 6.75. The molecule has 4 aromatic carbocycles. The molecule has 0 fully saturated rings. The summed E-state index contributed by atoms with van der Waals surface area (Å²) in [5.41, 5.74) is 24.3. The van der Waals surface area contributed by atoms with Crippen LogP contribution in [-0.2, 0) is 32.1 Å². The van der Waals surface area contributed by atoms with E-state index in [1.807, 2.05) is 24.3 Å². The van der Waals surface area contributed by atoms with E-state index in [0.29, 0.717) is 0 Å². The Balaban J connectivity index is 1.50. The van der Waals surface area contributed by atoms with Gasteiger partial charge in [-0.15, -0.1) is 0 Å². The van der Waals surface area contributed by atoms with Crippen molar-refractivity contribution in [3.05, 3.63) is 129 Å². The van der Waals surface area contributed by atoms with Gasteiger partial charge in [-0.05, 0) is 101 Å². The second-order valence-electron chi connectivity index (χ2n) is 8.93. The van der Waals surface area contributed by atoms with E-state index >= 15 is 0 Å². The summed E-state index contributed by atoms with van der Waals surface area (Å²) < 4.78 is 0. The molecule has 0 bridgehead atoms. The second-order valence-corrected chi connectivity index (χ2v) is 8.93. The van der Waals surface area contributed by atoms with E-state index in [1.165, 1.54) is 44.5 Å². The first kappa shape index (κ1) is 22.7. The zero-order chi connectivity index (χ0) is 23.2. The molecule has 0 radical (unpaired) electrons. The van der Waals surface area contributed by atoms with Crippen molar-refractivity contribution in [1.29, 1.82) is 0 Å². The van der Waals surface area contributed by atoms with E-state index in [0.717, 1.165) is 43.5 Å². The SMILES string of the molecule is CCc1cc(Cc2ccc(Cc3ccc(N)cc3)c(CC)c2)ccc1Cc1ccc(N)cc1. The molecule has 0 aliphatic carbocycles. The summed E-state index contributed by atoms with van der Waals surface area (Å²) in [5, 5.41) is 0. The molecule has 0 unspecified atom stereocenters. The Hall–Kier alpha value is -3.52. The lowest BCUT2D eigenvalue weighted by Crippen LogP contribution is -2.00. The van der Waals surface area contributed by atoms with E-state index in [4.69, 9.17) is 11.5 Å². The minimum Gasteiger partial charge on any atom is -0.399 e. The van der Waals surface area contributed by atoms with Crippen molar-refractivity contribution in [2.75, 3.05) is 11.5 Å². The smallest absolute Gasteiger partial charge is 0.0314 e. The molecule has 0 atom stereocenters. The van der Waals surface area contributed by atoms with Gasteiger partial charge in [0.1, 0.15) is 0 Å². The van der Waals surface area contributed by atoms with Gasteiger partial charge >= 0.3 is 0 Å². The number of nitrogen functional groups attached to an aromatic ring is 2. The van der Waals surface area contributed by atoms with E-state index in [9.17, 15) is 0 Å². The molecule has 2 heteroatoms. The number of hydrogen-bond acceptors (Lipinski definition) is 2. The molecule has 0 saturated carbocycles. The van der Waals surface area contributed by atoms with Gasteiger partial charge in [-0.1, -0.05) is 74.5 Å². The maximum absolute atomic E-state index is 5.84. The van der Waals surface area contributed by atoms with E-state index in [-0.39, 0.29) is 0 Å². The van der Waals surface area contributed by atoms with Crippen molar-refractivity contribution in [3.8, 4) is 0 Å². The standard InChI is InChI=1S/C31H34N2/c1-3-26-20-24(5-11-28(26)18-22-7-13-30(32)14-8-22)17-25-6-12-29(27(4-2)21-25)19-23-9-15-31(33)16-10-23/h5-16,20-21H,3-4,17-19,32-33H2,1-2H3. The van der Waals surface area contributed by atoms with Crippen molar-refractivity contribution in [2.24, 2.45) is 0 Å². The lowest BCUT2D eigenvalue weighted by Gasteiger charge is -2.13. The second kappa shape index (κ2) is 10.4. The van der Waals surface area contributed by atoms with Crippen LogP contribution >= 0.6 is 0 Å². The Morgan fingerprint density at radius 2 is 0.788 bits per heavy atom.